The van der Waals surface area contributed by atoms with E-state index < -0.39 is 0 Å². The van der Waals surface area contributed by atoms with Crippen molar-refractivity contribution in [2.75, 3.05) is 20.2 Å². The number of urea groups is 1. The predicted molar refractivity (Wildman–Crippen MR) is 115 cm³/mol. The van der Waals surface area contributed by atoms with Gasteiger partial charge in [0.25, 0.3) is 0 Å². The van der Waals surface area contributed by atoms with Crippen LogP contribution in [0.1, 0.15) is 24.5 Å². The molecule has 0 aliphatic carbocycles. The van der Waals surface area contributed by atoms with E-state index in [2.05, 4.69) is 33.5 Å². The van der Waals surface area contributed by atoms with Gasteiger partial charge in [0, 0.05) is 42.5 Å². The smallest absolute Gasteiger partial charge is 0.317 e. The van der Waals surface area contributed by atoms with E-state index >= 15 is 0 Å². The second-order valence-electron chi connectivity index (χ2n) is 7.43. The number of ether oxygens (including phenoxy) is 1. The SMILES string of the molecule is COc1cccc(CC(C)NC(=O)N2CC=C(c3c[nH]c4ncccc34)CC2)c1. The van der Waals surface area contributed by atoms with E-state index in [9.17, 15) is 4.79 Å². The molecule has 0 fully saturated rings. The Balaban J connectivity index is 1.36. The molecule has 2 amide bonds. The molecule has 6 heteroatoms. The summed E-state index contributed by atoms with van der Waals surface area (Å²) in [6.07, 6.45) is 7.54. The lowest BCUT2D eigenvalue weighted by Crippen LogP contribution is -2.46. The molecule has 3 heterocycles. The van der Waals surface area contributed by atoms with Gasteiger partial charge < -0.3 is 19.9 Å². The van der Waals surface area contributed by atoms with Crippen molar-refractivity contribution in [1.82, 2.24) is 20.2 Å². The van der Waals surface area contributed by atoms with Gasteiger partial charge in [0.2, 0.25) is 0 Å². The zero-order chi connectivity index (χ0) is 20.2. The van der Waals surface area contributed by atoms with Gasteiger partial charge in [-0.25, -0.2) is 9.78 Å². The van der Waals surface area contributed by atoms with Gasteiger partial charge in [-0.1, -0.05) is 18.2 Å². The summed E-state index contributed by atoms with van der Waals surface area (Å²) in [5.74, 6) is 0.835. The maximum absolute atomic E-state index is 12.7. The van der Waals surface area contributed by atoms with Crippen LogP contribution in [0.15, 0.2) is 54.9 Å². The largest absolute Gasteiger partial charge is 0.497 e. The minimum atomic E-state index is -0.0173. The highest BCUT2D eigenvalue weighted by atomic mass is 16.5. The maximum atomic E-state index is 12.7. The molecule has 1 aliphatic rings. The Kier molecular flexibility index (Phi) is 5.51. The second-order valence-corrected chi connectivity index (χ2v) is 7.43. The summed E-state index contributed by atoms with van der Waals surface area (Å²) in [4.78, 5) is 22.1. The van der Waals surface area contributed by atoms with Gasteiger partial charge in [0.05, 0.1) is 7.11 Å². The maximum Gasteiger partial charge on any atom is 0.317 e. The third kappa shape index (κ3) is 4.26. The van der Waals surface area contributed by atoms with Crippen LogP contribution < -0.4 is 10.1 Å². The summed E-state index contributed by atoms with van der Waals surface area (Å²) < 4.78 is 5.27. The Bertz CT molecular complexity index is 1040. The molecule has 29 heavy (non-hydrogen) atoms. The first-order valence-electron chi connectivity index (χ1n) is 9.94. The second kappa shape index (κ2) is 8.39. The number of nitrogens with one attached hydrogen (secondary N) is 2. The first-order chi connectivity index (χ1) is 14.1. The normalized spacial score (nSPS) is 15.1. The lowest BCUT2D eigenvalue weighted by atomic mass is 10.00. The van der Waals surface area contributed by atoms with E-state index in [4.69, 9.17) is 4.74 Å². The lowest BCUT2D eigenvalue weighted by molar-refractivity contribution is 0.199. The molecular formula is C23H26N4O2. The number of aromatic amines is 1. The summed E-state index contributed by atoms with van der Waals surface area (Å²) in [5, 5.41) is 4.24. The van der Waals surface area contributed by atoms with Crippen molar-refractivity contribution in [2.24, 2.45) is 0 Å². The van der Waals surface area contributed by atoms with Crippen LogP contribution in [0, 0.1) is 0 Å². The first kappa shape index (κ1) is 19.1. The van der Waals surface area contributed by atoms with Crippen molar-refractivity contribution < 1.29 is 9.53 Å². The van der Waals surface area contributed by atoms with E-state index in [1.54, 1.807) is 13.3 Å². The quantitative estimate of drug-likeness (QED) is 0.692. The molecule has 2 N–H and O–H groups in total. The molecule has 0 spiro atoms. The number of benzene rings is 1. The molecule has 150 valence electrons. The monoisotopic (exact) mass is 390 g/mol. The summed E-state index contributed by atoms with van der Waals surface area (Å²) in [6, 6.07) is 12.0. The summed E-state index contributed by atoms with van der Waals surface area (Å²) in [6.45, 7) is 3.35. The fourth-order valence-corrected chi connectivity index (χ4v) is 3.83. The number of nitrogens with zero attached hydrogens (tertiary/aromatic N) is 2. The summed E-state index contributed by atoms with van der Waals surface area (Å²) >= 11 is 0. The number of carbonyl (C=O) groups is 1. The van der Waals surface area contributed by atoms with Crippen LogP contribution in [-0.2, 0) is 6.42 Å². The van der Waals surface area contributed by atoms with Gasteiger partial charge in [-0.2, -0.15) is 0 Å². The van der Waals surface area contributed by atoms with Crippen molar-refractivity contribution >= 4 is 22.6 Å². The number of fused-ring (bicyclic) bond motifs is 1. The van der Waals surface area contributed by atoms with Gasteiger partial charge in [0.1, 0.15) is 11.4 Å². The van der Waals surface area contributed by atoms with E-state index in [0.29, 0.717) is 13.1 Å². The van der Waals surface area contributed by atoms with Gasteiger partial charge >= 0.3 is 6.03 Å². The van der Waals surface area contributed by atoms with Crippen LogP contribution in [0.25, 0.3) is 16.6 Å². The number of amides is 2. The average Bonchev–Trinajstić information content (AvgIpc) is 3.18. The van der Waals surface area contributed by atoms with Crippen LogP contribution in [-0.4, -0.2) is 47.1 Å². The first-order valence-corrected chi connectivity index (χ1v) is 9.94. The fourth-order valence-electron chi connectivity index (χ4n) is 3.83. The van der Waals surface area contributed by atoms with E-state index in [1.807, 2.05) is 42.3 Å². The standard InChI is InChI=1S/C23H26N4O2/c1-16(13-17-5-3-6-19(14-17)29-2)26-23(28)27-11-8-18(9-12-27)21-15-25-22-20(21)7-4-10-24-22/h3-8,10,14-16H,9,11-13H2,1-2H3,(H,24,25)(H,26,28). The Labute approximate surface area is 170 Å². The van der Waals surface area contributed by atoms with Crippen LogP contribution in [0.2, 0.25) is 0 Å². The topological polar surface area (TPSA) is 70.2 Å². The number of aromatic nitrogens is 2. The van der Waals surface area contributed by atoms with Crippen molar-refractivity contribution in [3.05, 3.63) is 66.0 Å². The molecule has 6 nitrogen and oxygen atoms in total. The van der Waals surface area contributed by atoms with Gasteiger partial charge in [-0.05, 0) is 55.2 Å². The number of rotatable bonds is 5. The molecule has 3 aromatic rings. The summed E-state index contributed by atoms with van der Waals surface area (Å²) in [7, 11) is 1.66. The molecule has 1 unspecified atom stereocenters. The van der Waals surface area contributed by atoms with Crippen LogP contribution in [0.5, 0.6) is 5.75 Å². The lowest BCUT2D eigenvalue weighted by Gasteiger charge is -2.28. The Morgan fingerprint density at radius 1 is 1.34 bits per heavy atom. The molecule has 1 atom stereocenters. The van der Waals surface area contributed by atoms with E-state index in [0.717, 1.165) is 35.2 Å². The molecule has 1 aliphatic heterocycles. The molecule has 2 aromatic heterocycles. The van der Waals surface area contributed by atoms with Gasteiger partial charge in [-0.15, -0.1) is 0 Å². The Morgan fingerprint density at radius 2 is 2.24 bits per heavy atom. The number of pyridine rings is 1. The molecule has 0 saturated heterocycles. The van der Waals surface area contributed by atoms with Crippen molar-refractivity contribution in [2.45, 2.75) is 25.8 Å². The fraction of sp³-hybridized carbons (Fsp3) is 0.304. The number of hydrogen-bond acceptors (Lipinski definition) is 3. The minimum Gasteiger partial charge on any atom is -0.497 e. The molecule has 0 bridgehead atoms. The Hall–Kier alpha value is -3.28. The van der Waals surface area contributed by atoms with Crippen LogP contribution in [0.3, 0.4) is 0 Å². The number of H-pyrrole nitrogens is 1. The third-order valence-corrected chi connectivity index (χ3v) is 5.34. The van der Waals surface area contributed by atoms with Crippen molar-refractivity contribution in [3.63, 3.8) is 0 Å². The van der Waals surface area contributed by atoms with E-state index in [1.165, 1.54) is 11.1 Å². The molecular weight excluding hydrogens is 364 g/mol. The molecule has 1 aromatic carbocycles. The zero-order valence-corrected chi connectivity index (χ0v) is 16.8. The van der Waals surface area contributed by atoms with E-state index in [-0.39, 0.29) is 12.1 Å². The molecule has 4 rings (SSSR count). The molecule has 0 saturated carbocycles. The van der Waals surface area contributed by atoms with Gasteiger partial charge in [0.15, 0.2) is 0 Å². The van der Waals surface area contributed by atoms with Gasteiger partial charge in [-0.3, -0.25) is 0 Å². The predicted octanol–water partition coefficient (Wildman–Crippen LogP) is 4.00. The zero-order valence-electron chi connectivity index (χ0n) is 16.8. The molecule has 0 radical (unpaired) electrons. The highest BCUT2D eigenvalue weighted by Gasteiger charge is 2.20. The number of carbonyl (C=O) groups excluding carboxylic acids is 1. The minimum absolute atomic E-state index is 0.0173. The van der Waals surface area contributed by atoms with Crippen molar-refractivity contribution in [1.29, 1.82) is 0 Å². The summed E-state index contributed by atoms with van der Waals surface area (Å²) in [5.41, 5.74) is 4.48. The van der Waals surface area contributed by atoms with Crippen LogP contribution in [0.4, 0.5) is 4.79 Å². The highest BCUT2D eigenvalue weighted by molar-refractivity contribution is 5.91. The van der Waals surface area contributed by atoms with Crippen molar-refractivity contribution in [3.8, 4) is 5.75 Å². The Morgan fingerprint density at radius 3 is 3.03 bits per heavy atom. The highest BCUT2D eigenvalue weighted by Crippen LogP contribution is 2.28. The average molecular weight is 390 g/mol. The van der Waals surface area contributed by atoms with Crippen LogP contribution >= 0.6 is 0 Å². The number of methoxy groups -OCH3 is 1. The number of hydrogen-bond donors (Lipinski definition) is 2. The third-order valence-electron chi connectivity index (χ3n) is 5.34.